The van der Waals surface area contributed by atoms with Crippen LogP contribution >= 0.6 is 0 Å². The third-order valence-electron chi connectivity index (χ3n) is 2.18. The van der Waals surface area contributed by atoms with Crippen molar-refractivity contribution < 1.29 is 4.79 Å². The first-order chi connectivity index (χ1) is 7.70. The molecular weight excluding hydrogens is 204 g/mol. The highest BCUT2D eigenvalue weighted by Gasteiger charge is 2.17. The molecule has 0 fully saturated rings. The Kier molecular flexibility index (Phi) is 2.76. The van der Waals surface area contributed by atoms with Crippen molar-refractivity contribution in [1.29, 1.82) is 0 Å². The molecule has 0 bridgehead atoms. The van der Waals surface area contributed by atoms with E-state index in [1.807, 2.05) is 13.8 Å². The third kappa shape index (κ3) is 1.84. The molecule has 0 saturated carbocycles. The van der Waals surface area contributed by atoms with Crippen LogP contribution in [0.3, 0.4) is 0 Å². The third-order valence-corrected chi connectivity index (χ3v) is 2.18. The highest BCUT2D eigenvalue weighted by Crippen LogP contribution is 2.13. The minimum Gasteiger partial charge on any atom is -0.292 e. The first-order valence-electron chi connectivity index (χ1n) is 5.06. The van der Waals surface area contributed by atoms with Crippen LogP contribution in [-0.4, -0.2) is 25.8 Å². The lowest BCUT2D eigenvalue weighted by Crippen LogP contribution is -2.14. The molecule has 2 aromatic heterocycles. The molecule has 82 valence electrons. The lowest BCUT2D eigenvalue weighted by atomic mass is 10.0. The van der Waals surface area contributed by atoms with Crippen LogP contribution in [0.15, 0.2) is 30.7 Å². The van der Waals surface area contributed by atoms with Gasteiger partial charge in [0.2, 0.25) is 0 Å². The molecule has 0 aliphatic rings. The Labute approximate surface area is 93.1 Å². The van der Waals surface area contributed by atoms with E-state index in [1.165, 1.54) is 4.80 Å². The van der Waals surface area contributed by atoms with Crippen LogP contribution in [-0.2, 0) is 0 Å². The van der Waals surface area contributed by atoms with Crippen LogP contribution in [0.2, 0.25) is 0 Å². The lowest BCUT2D eigenvalue weighted by Gasteiger charge is -2.07. The molecule has 2 heterocycles. The Hall–Kier alpha value is -2.04. The number of hydrogen-bond donors (Lipinski definition) is 0. The van der Waals surface area contributed by atoms with Gasteiger partial charge in [0.25, 0.3) is 0 Å². The molecule has 0 unspecified atom stereocenters. The first-order valence-corrected chi connectivity index (χ1v) is 5.06. The van der Waals surface area contributed by atoms with Crippen molar-refractivity contribution in [3.8, 4) is 5.69 Å². The van der Waals surface area contributed by atoms with E-state index in [-0.39, 0.29) is 11.7 Å². The lowest BCUT2D eigenvalue weighted by molar-refractivity contribution is 0.0934. The van der Waals surface area contributed by atoms with E-state index < -0.39 is 0 Å². The minimum atomic E-state index is -0.0933. The number of hydrogen-bond acceptors (Lipinski definition) is 4. The molecule has 0 N–H and O–H groups in total. The molecule has 0 atom stereocenters. The second kappa shape index (κ2) is 4.22. The van der Waals surface area contributed by atoms with Crippen LogP contribution in [0, 0.1) is 5.92 Å². The van der Waals surface area contributed by atoms with E-state index in [9.17, 15) is 4.79 Å². The van der Waals surface area contributed by atoms with Crippen LogP contribution in [0.25, 0.3) is 5.69 Å². The molecular formula is C11H12N4O. The summed E-state index contributed by atoms with van der Waals surface area (Å²) in [5.41, 5.74) is 1.03. The number of ketones is 1. The second-order valence-corrected chi connectivity index (χ2v) is 3.71. The molecule has 0 radical (unpaired) electrons. The van der Waals surface area contributed by atoms with Gasteiger partial charge < -0.3 is 0 Å². The SMILES string of the molecule is CC(C)C(=O)c1ncccc1-n1nccn1. The predicted molar refractivity (Wildman–Crippen MR) is 58.3 cm³/mol. The Bertz CT molecular complexity index is 490. The number of rotatable bonds is 3. The highest BCUT2D eigenvalue weighted by molar-refractivity contribution is 5.98. The number of nitrogens with zero attached hydrogens (tertiary/aromatic N) is 4. The van der Waals surface area contributed by atoms with Gasteiger partial charge in [-0.2, -0.15) is 10.2 Å². The molecule has 16 heavy (non-hydrogen) atoms. The molecule has 0 spiro atoms. The number of carbonyl (C=O) groups is 1. The molecule has 0 amide bonds. The van der Waals surface area contributed by atoms with Crippen LogP contribution < -0.4 is 0 Å². The van der Waals surface area contributed by atoms with Gasteiger partial charge in [0, 0.05) is 12.1 Å². The molecule has 2 rings (SSSR count). The van der Waals surface area contributed by atoms with Crippen molar-refractivity contribution in [2.75, 3.05) is 0 Å². The maximum atomic E-state index is 11.9. The second-order valence-electron chi connectivity index (χ2n) is 3.71. The topological polar surface area (TPSA) is 60.7 Å². The van der Waals surface area contributed by atoms with Crippen molar-refractivity contribution >= 4 is 5.78 Å². The molecule has 5 heteroatoms. The Morgan fingerprint density at radius 1 is 1.25 bits per heavy atom. The van der Waals surface area contributed by atoms with E-state index in [0.717, 1.165) is 0 Å². The monoisotopic (exact) mass is 216 g/mol. The summed E-state index contributed by atoms with van der Waals surface area (Å²) in [6, 6.07) is 3.54. The van der Waals surface area contributed by atoms with Gasteiger partial charge in [-0.15, -0.1) is 4.80 Å². The molecule has 0 saturated heterocycles. The summed E-state index contributed by atoms with van der Waals surface area (Å²) in [7, 11) is 0. The van der Waals surface area contributed by atoms with Gasteiger partial charge in [-0.05, 0) is 12.1 Å². The Morgan fingerprint density at radius 2 is 1.94 bits per heavy atom. The van der Waals surface area contributed by atoms with E-state index in [2.05, 4.69) is 15.2 Å². The van der Waals surface area contributed by atoms with Crippen molar-refractivity contribution in [3.05, 3.63) is 36.4 Å². The molecule has 5 nitrogen and oxygen atoms in total. The largest absolute Gasteiger partial charge is 0.292 e. The summed E-state index contributed by atoms with van der Waals surface area (Å²) in [4.78, 5) is 17.4. The summed E-state index contributed by atoms with van der Waals surface area (Å²) in [5.74, 6) is -0.0999. The summed E-state index contributed by atoms with van der Waals surface area (Å²) < 4.78 is 0. The van der Waals surface area contributed by atoms with E-state index in [4.69, 9.17) is 0 Å². The standard InChI is InChI=1S/C11H12N4O/c1-8(2)11(16)10-9(4-3-5-12-10)15-13-6-7-14-15/h3-8H,1-2H3. The number of aromatic nitrogens is 4. The number of carbonyl (C=O) groups excluding carboxylic acids is 1. The fourth-order valence-electron chi connectivity index (χ4n) is 1.36. The average molecular weight is 216 g/mol. The van der Waals surface area contributed by atoms with Crippen molar-refractivity contribution in [2.24, 2.45) is 5.92 Å². The van der Waals surface area contributed by atoms with Gasteiger partial charge in [0.05, 0.1) is 12.4 Å². The fraction of sp³-hybridized carbons (Fsp3) is 0.273. The Morgan fingerprint density at radius 3 is 2.56 bits per heavy atom. The first kappa shape index (κ1) is 10.5. The molecule has 0 aliphatic carbocycles. The van der Waals surface area contributed by atoms with E-state index in [0.29, 0.717) is 11.4 Å². The maximum Gasteiger partial charge on any atom is 0.185 e. The maximum absolute atomic E-state index is 11.9. The Balaban J connectivity index is 2.51. The van der Waals surface area contributed by atoms with Gasteiger partial charge in [-0.25, -0.2) is 0 Å². The van der Waals surface area contributed by atoms with Gasteiger partial charge in [-0.3, -0.25) is 9.78 Å². The van der Waals surface area contributed by atoms with E-state index in [1.54, 1.807) is 30.7 Å². The smallest absolute Gasteiger partial charge is 0.185 e. The summed E-state index contributed by atoms with van der Waals surface area (Å²) in [6.07, 6.45) is 4.73. The van der Waals surface area contributed by atoms with Gasteiger partial charge >= 0.3 is 0 Å². The fourth-order valence-corrected chi connectivity index (χ4v) is 1.36. The van der Waals surface area contributed by atoms with Crippen molar-refractivity contribution in [2.45, 2.75) is 13.8 Å². The van der Waals surface area contributed by atoms with E-state index >= 15 is 0 Å². The van der Waals surface area contributed by atoms with Crippen molar-refractivity contribution in [3.63, 3.8) is 0 Å². The van der Waals surface area contributed by atoms with Crippen LogP contribution in [0.1, 0.15) is 24.3 Å². The summed E-state index contributed by atoms with van der Waals surface area (Å²) in [5, 5.41) is 8.00. The predicted octanol–water partition coefficient (Wildman–Crippen LogP) is 1.50. The normalized spacial score (nSPS) is 10.7. The average Bonchev–Trinajstić information content (AvgIpc) is 2.81. The van der Waals surface area contributed by atoms with Crippen molar-refractivity contribution in [1.82, 2.24) is 20.0 Å². The van der Waals surface area contributed by atoms with Gasteiger partial charge in [-0.1, -0.05) is 13.8 Å². The van der Waals surface area contributed by atoms with Crippen LogP contribution in [0.4, 0.5) is 0 Å². The summed E-state index contributed by atoms with van der Waals surface area (Å²) >= 11 is 0. The highest BCUT2D eigenvalue weighted by atomic mass is 16.1. The summed E-state index contributed by atoms with van der Waals surface area (Å²) in [6.45, 7) is 3.69. The quantitative estimate of drug-likeness (QED) is 0.729. The minimum absolute atomic E-state index is 0.00657. The molecule has 0 aromatic carbocycles. The zero-order valence-corrected chi connectivity index (χ0v) is 9.16. The molecule has 0 aliphatic heterocycles. The molecule has 2 aromatic rings. The zero-order chi connectivity index (χ0) is 11.5. The van der Waals surface area contributed by atoms with Gasteiger partial charge in [0.15, 0.2) is 5.78 Å². The van der Waals surface area contributed by atoms with Gasteiger partial charge in [0.1, 0.15) is 11.4 Å². The number of pyridine rings is 1. The zero-order valence-electron chi connectivity index (χ0n) is 9.16. The van der Waals surface area contributed by atoms with Crippen LogP contribution in [0.5, 0.6) is 0 Å². The number of Topliss-reactive ketones (excluding diaryl/α,β-unsaturated/α-hetero) is 1.